The first-order valence-corrected chi connectivity index (χ1v) is 7.55. The highest BCUT2D eigenvalue weighted by molar-refractivity contribution is 5.91. The molecule has 3 rings (SSSR count). The Bertz CT molecular complexity index is 921. The average molecular weight is 309 g/mol. The van der Waals surface area contributed by atoms with E-state index in [4.69, 9.17) is 0 Å². The zero-order chi connectivity index (χ0) is 16.4. The molecule has 0 fully saturated rings. The van der Waals surface area contributed by atoms with Gasteiger partial charge in [-0.1, -0.05) is 18.2 Å². The maximum Gasteiger partial charge on any atom is 0.250 e. The minimum absolute atomic E-state index is 0.0652. The number of carbonyl (C=O) groups excluding carboxylic acids is 1. The Morgan fingerprint density at radius 2 is 2.00 bits per heavy atom. The molecule has 0 aliphatic carbocycles. The molecule has 5 heteroatoms. The summed E-state index contributed by atoms with van der Waals surface area (Å²) in [6.45, 7) is 2.43. The number of aromatic nitrogens is 2. The van der Waals surface area contributed by atoms with Crippen LogP contribution in [-0.4, -0.2) is 15.0 Å². The van der Waals surface area contributed by atoms with E-state index in [9.17, 15) is 9.59 Å². The molecule has 2 heterocycles. The van der Waals surface area contributed by atoms with Gasteiger partial charge in [-0.15, -0.1) is 0 Å². The number of benzene rings is 1. The first kappa shape index (κ1) is 15.1. The van der Waals surface area contributed by atoms with E-state index < -0.39 is 0 Å². The third-order valence-electron chi connectivity index (χ3n) is 3.97. The van der Waals surface area contributed by atoms with Crippen molar-refractivity contribution in [2.45, 2.75) is 19.9 Å². The highest BCUT2D eigenvalue weighted by Crippen LogP contribution is 2.16. The number of anilines is 1. The van der Waals surface area contributed by atoms with E-state index in [1.807, 2.05) is 37.4 Å². The largest absolute Gasteiger partial charge is 0.347 e. The van der Waals surface area contributed by atoms with Crippen LogP contribution in [0.1, 0.15) is 12.0 Å². The summed E-state index contributed by atoms with van der Waals surface area (Å²) in [5.41, 5.74) is 2.49. The van der Waals surface area contributed by atoms with Gasteiger partial charge in [-0.2, -0.15) is 0 Å². The van der Waals surface area contributed by atoms with E-state index in [0.29, 0.717) is 18.7 Å². The molecule has 1 N–H and O–H groups in total. The van der Waals surface area contributed by atoms with Crippen LogP contribution in [-0.2, 0) is 18.4 Å². The molecular weight excluding hydrogens is 290 g/mol. The predicted molar refractivity (Wildman–Crippen MR) is 91.6 cm³/mol. The molecule has 1 amide bonds. The number of hydrogen-bond donors (Lipinski definition) is 1. The standard InChI is InChI=1S/C18H19N3O2/c1-13-11-18(23)20(2)12-15(13)19-17(22)8-10-21-9-7-14-5-3-4-6-16(14)21/h3-7,9,11-12H,8,10H2,1-2H3,(H,19,22). The second-order valence-corrected chi connectivity index (χ2v) is 5.69. The number of pyridine rings is 1. The molecule has 0 atom stereocenters. The lowest BCUT2D eigenvalue weighted by molar-refractivity contribution is -0.116. The lowest BCUT2D eigenvalue weighted by Crippen LogP contribution is -2.20. The molecule has 0 unspecified atom stereocenters. The Morgan fingerprint density at radius 1 is 1.22 bits per heavy atom. The Balaban J connectivity index is 1.68. The summed E-state index contributed by atoms with van der Waals surface area (Å²) in [6.07, 6.45) is 4.02. The lowest BCUT2D eigenvalue weighted by Gasteiger charge is -2.10. The maximum atomic E-state index is 12.2. The van der Waals surface area contributed by atoms with Crippen molar-refractivity contribution in [3.8, 4) is 0 Å². The fraction of sp³-hybridized carbons (Fsp3) is 0.222. The number of rotatable bonds is 4. The monoisotopic (exact) mass is 309 g/mol. The van der Waals surface area contributed by atoms with E-state index in [0.717, 1.165) is 11.1 Å². The fourth-order valence-electron chi connectivity index (χ4n) is 2.63. The lowest BCUT2D eigenvalue weighted by atomic mass is 10.2. The molecule has 0 saturated carbocycles. The van der Waals surface area contributed by atoms with E-state index in [1.54, 1.807) is 13.2 Å². The van der Waals surface area contributed by atoms with Crippen LogP contribution in [0, 0.1) is 6.92 Å². The third-order valence-corrected chi connectivity index (χ3v) is 3.97. The number of nitrogens with zero attached hydrogens (tertiary/aromatic N) is 2. The van der Waals surface area contributed by atoms with E-state index in [-0.39, 0.29) is 11.5 Å². The van der Waals surface area contributed by atoms with Crippen LogP contribution in [0.25, 0.3) is 10.9 Å². The molecule has 0 aliphatic heterocycles. The topological polar surface area (TPSA) is 56.0 Å². The highest BCUT2D eigenvalue weighted by atomic mass is 16.1. The summed E-state index contributed by atoms with van der Waals surface area (Å²) in [4.78, 5) is 23.7. The van der Waals surface area contributed by atoms with Crippen molar-refractivity contribution in [3.63, 3.8) is 0 Å². The van der Waals surface area contributed by atoms with Gasteiger partial charge in [0.2, 0.25) is 5.91 Å². The quantitative estimate of drug-likeness (QED) is 0.805. The minimum atomic E-state index is -0.0840. The van der Waals surface area contributed by atoms with Gasteiger partial charge in [0.05, 0.1) is 5.69 Å². The van der Waals surface area contributed by atoms with E-state index in [1.165, 1.54) is 16.0 Å². The van der Waals surface area contributed by atoms with Crippen molar-refractivity contribution >= 4 is 22.5 Å². The third kappa shape index (κ3) is 3.18. The molecule has 3 aromatic rings. The van der Waals surface area contributed by atoms with E-state index >= 15 is 0 Å². The van der Waals surface area contributed by atoms with Gasteiger partial charge in [-0.25, -0.2) is 0 Å². The van der Waals surface area contributed by atoms with Crippen LogP contribution in [0.5, 0.6) is 0 Å². The summed E-state index contributed by atoms with van der Waals surface area (Å²) >= 11 is 0. The highest BCUT2D eigenvalue weighted by Gasteiger charge is 2.08. The molecule has 0 radical (unpaired) electrons. The molecule has 118 valence electrons. The molecule has 0 saturated heterocycles. The zero-order valence-electron chi connectivity index (χ0n) is 13.2. The normalized spacial score (nSPS) is 10.9. The summed E-state index contributed by atoms with van der Waals surface area (Å²) in [5.74, 6) is -0.0652. The van der Waals surface area contributed by atoms with Gasteiger partial charge in [0.1, 0.15) is 0 Å². The van der Waals surface area contributed by atoms with Crippen LogP contribution >= 0.6 is 0 Å². The molecule has 1 aromatic carbocycles. The molecule has 0 spiro atoms. The number of aryl methyl sites for hydroxylation is 3. The Hall–Kier alpha value is -2.82. The molecule has 23 heavy (non-hydrogen) atoms. The SMILES string of the molecule is Cc1cc(=O)n(C)cc1NC(=O)CCn1ccc2ccccc21. The summed E-state index contributed by atoms with van der Waals surface area (Å²) < 4.78 is 3.53. The van der Waals surface area contributed by atoms with Crippen molar-refractivity contribution < 1.29 is 4.79 Å². The van der Waals surface area contributed by atoms with Crippen LogP contribution < -0.4 is 10.9 Å². The number of fused-ring (bicyclic) bond motifs is 1. The van der Waals surface area contributed by atoms with Crippen molar-refractivity contribution in [1.29, 1.82) is 0 Å². The van der Waals surface area contributed by atoms with Crippen molar-refractivity contribution in [2.75, 3.05) is 5.32 Å². The second kappa shape index (κ2) is 6.12. The summed E-state index contributed by atoms with van der Waals surface area (Å²) in [6, 6.07) is 11.7. The number of amides is 1. The van der Waals surface area contributed by atoms with Gasteiger partial charge in [-0.3, -0.25) is 9.59 Å². The smallest absolute Gasteiger partial charge is 0.250 e. The van der Waals surface area contributed by atoms with Crippen molar-refractivity contribution in [3.05, 3.63) is 64.7 Å². The molecule has 0 bridgehead atoms. The predicted octanol–water partition coefficient (Wildman–Crippen LogP) is 2.68. The van der Waals surface area contributed by atoms with Gasteiger partial charge < -0.3 is 14.5 Å². The Morgan fingerprint density at radius 3 is 2.83 bits per heavy atom. The number of nitrogens with one attached hydrogen (secondary N) is 1. The number of hydrogen-bond acceptors (Lipinski definition) is 2. The Labute approximate surface area is 134 Å². The molecular formula is C18H19N3O2. The van der Waals surface area contributed by atoms with E-state index in [2.05, 4.69) is 16.0 Å². The van der Waals surface area contributed by atoms with Gasteiger partial charge >= 0.3 is 0 Å². The second-order valence-electron chi connectivity index (χ2n) is 5.69. The van der Waals surface area contributed by atoms with Gasteiger partial charge in [0.15, 0.2) is 0 Å². The number of carbonyl (C=O) groups is 1. The van der Waals surface area contributed by atoms with Gasteiger partial charge in [0, 0.05) is 44.0 Å². The first-order valence-electron chi connectivity index (χ1n) is 7.55. The molecule has 0 aliphatic rings. The average Bonchev–Trinajstić information content (AvgIpc) is 2.94. The summed E-state index contributed by atoms with van der Waals surface area (Å²) in [7, 11) is 1.67. The van der Waals surface area contributed by atoms with Crippen molar-refractivity contribution in [2.24, 2.45) is 7.05 Å². The fourth-order valence-corrected chi connectivity index (χ4v) is 2.63. The molecule has 5 nitrogen and oxygen atoms in total. The summed E-state index contributed by atoms with van der Waals surface area (Å²) in [5, 5.41) is 4.05. The minimum Gasteiger partial charge on any atom is -0.347 e. The maximum absolute atomic E-state index is 12.2. The first-order chi connectivity index (χ1) is 11.0. The Kier molecular flexibility index (Phi) is 4.02. The molecule has 2 aromatic heterocycles. The van der Waals surface area contributed by atoms with Crippen LogP contribution in [0.15, 0.2) is 53.6 Å². The van der Waals surface area contributed by atoms with Crippen molar-refractivity contribution in [1.82, 2.24) is 9.13 Å². The van der Waals surface area contributed by atoms with Gasteiger partial charge in [-0.05, 0) is 30.0 Å². The van der Waals surface area contributed by atoms with Crippen LogP contribution in [0.2, 0.25) is 0 Å². The number of para-hydroxylation sites is 1. The van der Waals surface area contributed by atoms with Crippen LogP contribution in [0.3, 0.4) is 0 Å². The van der Waals surface area contributed by atoms with Crippen LogP contribution in [0.4, 0.5) is 5.69 Å². The van der Waals surface area contributed by atoms with Gasteiger partial charge in [0.25, 0.3) is 5.56 Å². The zero-order valence-corrected chi connectivity index (χ0v) is 13.2.